The zero-order chi connectivity index (χ0) is 20.5. The van der Waals surface area contributed by atoms with Gasteiger partial charge in [0.05, 0.1) is 0 Å². The van der Waals surface area contributed by atoms with Crippen LogP contribution in [-0.4, -0.2) is 0 Å². The molecule has 2 aromatic rings. The van der Waals surface area contributed by atoms with E-state index in [4.69, 9.17) is 0 Å². The Labute approximate surface area is 176 Å². The summed E-state index contributed by atoms with van der Waals surface area (Å²) in [6.45, 7) is 4.46. The molecular weight excluding hydrogens is 355 g/mol. The molecule has 0 aromatic heterocycles. The molecular formula is C28H35F. The van der Waals surface area contributed by atoms with Gasteiger partial charge in [-0.1, -0.05) is 75.6 Å². The quantitative estimate of drug-likeness (QED) is 0.330. The van der Waals surface area contributed by atoms with Gasteiger partial charge in [-0.25, -0.2) is 4.39 Å². The topological polar surface area (TPSA) is 0 Å². The molecule has 1 heteroatoms. The molecule has 29 heavy (non-hydrogen) atoms. The predicted octanol–water partition coefficient (Wildman–Crippen LogP) is 8.18. The molecule has 0 saturated heterocycles. The first-order valence-corrected chi connectivity index (χ1v) is 11.6. The van der Waals surface area contributed by atoms with Gasteiger partial charge in [0.2, 0.25) is 0 Å². The van der Waals surface area contributed by atoms with Crippen LogP contribution in [0.5, 0.6) is 0 Å². The number of rotatable bonds is 7. The van der Waals surface area contributed by atoms with Crippen molar-refractivity contribution in [3.8, 4) is 23.0 Å². The zero-order valence-electron chi connectivity index (χ0n) is 18.1. The molecule has 154 valence electrons. The third-order valence-corrected chi connectivity index (χ3v) is 6.29. The number of benzene rings is 2. The molecule has 0 heterocycles. The minimum atomic E-state index is -0.0823. The highest BCUT2D eigenvalue weighted by Gasteiger charge is 2.18. The Hall–Kier alpha value is -2.07. The first-order chi connectivity index (χ1) is 14.2. The highest BCUT2D eigenvalue weighted by Crippen LogP contribution is 2.31. The largest absolute Gasteiger partial charge is 0.207 e. The Morgan fingerprint density at radius 3 is 2.24 bits per heavy atom. The molecule has 0 nitrogen and oxygen atoms in total. The Morgan fingerprint density at radius 1 is 0.862 bits per heavy atom. The summed E-state index contributed by atoms with van der Waals surface area (Å²) in [6.07, 6.45) is 12.1. The first-order valence-electron chi connectivity index (χ1n) is 11.6. The third kappa shape index (κ3) is 6.46. The minimum Gasteiger partial charge on any atom is -0.207 e. The molecule has 0 aliphatic heterocycles. The smallest absolute Gasteiger partial charge is 0.127 e. The van der Waals surface area contributed by atoms with Crippen molar-refractivity contribution in [2.45, 2.75) is 78.1 Å². The van der Waals surface area contributed by atoms with Crippen molar-refractivity contribution in [1.82, 2.24) is 0 Å². The number of hydrogen-bond acceptors (Lipinski definition) is 0. The molecule has 0 unspecified atom stereocenters. The van der Waals surface area contributed by atoms with Crippen molar-refractivity contribution in [2.75, 3.05) is 0 Å². The van der Waals surface area contributed by atoms with Crippen LogP contribution in [0.3, 0.4) is 0 Å². The van der Waals surface area contributed by atoms with E-state index < -0.39 is 0 Å². The van der Waals surface area contributed by atoms with E-state index in [1.807, 2.05) is 12.1 Å². The summed E-state index contributed by atoms with van der Waals surface area (Å²) < 4.78 is 14.4. The maximum absolute atomic E-state index is 14.4. The molecule has 0 bridgehead atoms. The van der Waals surface area contributed by atoms with Crippen LogP contribution >= 0.6 is 0 Å². The van der Waals surface area contributed by atoms with Crippen LogP contribution in [0, 0.1) is 29.5 Å². The van der Waals surface area contributed by atoms with Crippen molar-refractivity contribution in [3.63, 3.8) is 0 Å². The maximum Gasteiger partial charge on any atom is 0.127 e. The summed E-state index contributed by atoms with van der Waals surface area (Å²) in [5.74, 6) is 8.25. The molecule has 0 amide bonds. The van der Waals surface area contributed by atoms with Crippen molar-refractivity contribution < 1.29 is 4.39 Å². The van der Waals surface area contributed by atoms with Gasteiger partial charge >= 0.3 is 0 Å². The van der Waals surface area contributed by atoms with Crippen LogP contribution in [0.1, 0.15) is 82.8 Å². The van der Waals surface area contributed by atoms with Crippen molar-refractivity contribution in [1.29, 1.82) is 0 Å². The van der Waals surface area contributed by atoms with Gasteiger partial charge in [0.15, 0.2) is 0 Å². The summed E-state index contributed by atoms with van der Waals surface area (Å²) in [4.78, 5) is 0. The van der Waals surface area contributed by atoms with Crippen molar-refractivity contribution >= 4 is 0 Å². The number of unbranched alkanes of at least 4 members (excludes halogenated alkanes) is 2. The van der Waals surface area contributed by atoms with E-state index >= 15 is 0 Å². The Morgan fingerprint density at radius 2 is 1.59 bits per heavy atom. The van der Waals surface area contributed by atoms with Crippen LogP contribution in [0.2, 0.25) is 0 Å². The van der Waals surface area contributed by atoms with Crippen LogP contribution in [0.15, 0.2) is 42.5 Å². The third-order valence-electron chi connectivity index (χ3n) is 6.29. The van der Waals surface area contributed by atoms with E-state index in [-0.39, 0.29) is 5.82 Å². The van der Waals surface area contributed by atoms with E-state index in [2.05, 4.69) is 50.0 Å². The second-order valence-corrected chi connectivity index (χ2v) is 8.62. The van der Waals surface area contributed by atoms with E-state index in [0.717, 1.165) is 53.9 Å². The lowest BCUT2D eigenvalue weighted by Crippen LogP contribution is -2.13. The number of halogens is 1. The number of hydrogen-bond donors (Lipinski definition) is 0. The summed E-state index contributed by atoms with van der Waals surface area (Å²) in [5.41, 5.74) is 3.88. The predicted molar refractivity (Wildman–Crippen MR) is 122 cm³/mol. The molecule has 0 N–H and O–H groups in total. The lowest BCUT2D eigenvalue weighted by Gasteiger charge is -2.25. The van der Waals surface area contributed by atoms with Gasteiger partial charge in [0.1, 0.15) is 5.82 Å². The molecule has 1 fully saturated rings. The molecule has 1 aliphatic carbocycles. The van der Waals surface area contributed by atoms with Crippen LogP contribution in [-0.2, 0) is 6.42 Å². The Kier molecular flexibility index (Phi) is 8.36. The maximum atomic E-state index is 14.4. The molecule has 0 spiro atoms. The fraction of sp³-hybridized carbons (Fsp3) is 0.500. The number of aryl methyl sites for hydroxylation is 1. The molecule has 0 radical (unpaired) electrons. The second kappa shape index (κ2) is 11.2. The average Bonchev–Trinajstić information content (AvgIpc) is 2.75. The fourth-order valence-electron chi connectivity index (χ4n) is 4.43. The SMILES string of the molecule is CCCCCc1ccc(-c2ccc(C#C[C@H]3CC[C@H](CCC)CC3)cc2)cc1F. The van der Waals surface area contributed by atoms with E-state index in [9.17, 15) is 4.39 Å². The molecule has 2 aromatic carbocycles. The second-order valence-electron chi connectivity index (χ2n) is 8.62. The van der Waals surface area contributed by atoms with Crippen LogP contribution in [0.4, 0.5) is 4.39 Å². The van der Waals surface area contributed by atoms with E-state index in [0.29, 0.717) is 5.92 Å². The van der Waals surface area contributed by atoms with Crippen molar-refractivity contribution in [3.05, 3.63) is 59.4 Å². The molecule has 3 rings (SSSR count). The van der Waals surface area contributed by atoms with Gasteiger partial charge in [-0.3, -0.25) is 0 Å². The molecule has 0 atom stereocenters. The van der Waals surface area contributed by atoms with Crippen LogP contribution in [0.25, 0.3) is 11.1 Å². The molecule has 1 aliphatic rings. The van der Waals surface area contributed by atoms with Gasteiger partial charge < -0.3 is 0 Å². The lowest BCUT2D eigenvalue weighted by molar-refractivity contribution is 0.300. The Balaban J connectivity index is 1.59. The van der Waals surface area contributed by atoms with Crippen molar-refractivity contribution in [2.24, 2.45) is 11.8 Å². The summed E-state index contributed by atoms with van der Waals surface area (Å²) in [5, 5.41) is 0. The van der Waals surface area contributed by atoms with Gasteiger partial charge in [-0.2, -0.15) is 0 Å². The van der Waals surface area contributed by atoms with E-state index in [1.54, 1.807) is 6.07 Å². The summed E-state index contributed by atoms with van der Waals surface area (Å²) in [6, 6.07) is 13.9. The highest BCUT2D eigenvalue weighted by atomic mass is 19.1. The normalized spacial score (nSPS) is 18.9. The van der Waals surface area contributed by atoms with E-state index in [1.165, 1.54) is 38.5 Å². The van der Waals surface area contributed by atoms with Gasteiger partial charge in [0, 0.05) is 11.5 Å². The molecule has 1 saturated carbocycles. The summed E-state index contributed by atoms with van der Waals surface area (Å²) >= 11 is 0. The summed E-state index contributed by atoms with van der Waals surface area (Å²) in [7, 11) is 0. The average molecular weight is 391 g/mol. The Bertz CT molecular complexity index is 814. The minimum absolute atomic E-state index is 0.0823. The lowest BCUT2D eigenvalue weighted by atomic mass is 9.80. The standard InChI is InChI=1S/C28H35F/c1-3-5-6-8-26-19-20-27(21-28(26)29)25-17-15-24(16-18-25)14-13-23-11-9-22(7-4-2)10-12-23/h15-23H,3-12H2,1-2H3/t22-,23-. The highest BCUT2D eigenvalue weighted by molar-refractivity contribution is 5.65. The monoisotopic (exact) mass is 390 g/mol. The van der Waals surface area contributed by atoms with Gasteiger partial charge in [-0.05, 0) is 79.3 Å². The van der Waals surface area contributed by atoms with Gasteiger partial charge in [0.25, 0.3) is 0 Å². The fourth-order valence-corrected chi connectivity index (χ4v) is 4.43. The first kappa shape index (κ1) is 21.6. The van der Waals surface area contributed by atoms with Crippen LogP contribution < -0.4 is 0 Å². The zero-order valence-corrected chi connectivity index (χ0v) is 18.1. The van der Waals surface area contributed by atoms with Gasteiger partial charge in [-0.15, -0.1) is 0 Å².